The van der Waals surface area contributed by atoms with Gasteiger partial charge in [-0.15, -0.1) is 0 Å². The zero-order chi connectivity index (χ0) is 14.7. The average molecular weight is 274 g/mol. The Hall–Kier alpha value is -1.92. The minimum atomic E-state index is -0.662. The van der Waals surface area contributed by atoms with E-state index in [0.717, 1.165) is 0 Å². The van der Waals surface area contributed by atoms with Crippen LogP contribution in [0.15, 0.2) is 0 Å². The molecule has 0 atom stereocenters. The molecule has 0 saturated carbocycles. The van der Waals surface area contributed by atoms with Crippen molar-refractivity contribution in [2.75, 3.05) is 13.2 Å². The molecule has 7 heteroatoms. The minimum Gasteiger partial charge on any atom is -0.466 e. The molecule has 0 aromatic rings. The van der Waals surface area contributed by atoms with E-state index < -0.39 is 23.9 Å². The first-order valence-electron chi connectivity index (χ1n) is 5.92. The Morgan fingerprint density at radius 1 is 0.737 bits per heavy atom. The Labute approximate surface area is 111 Å². The molecule has 0 aromatic heterocycles. The molecule has 0 bridgehead atoms. The van der Waals surface area contributed by atoms with Crippen LogP contribution < -0.4 is 0 Å². The van der Waals surface area contributed by atoms with Crippen molar-refractivity contribution in [2.24, 2.45) is 0 Å². The summed E-state index contributed by atoms with van der Waals surface area (Å²) in [7, 11) is 0. The smallest absolute Gasteiger partial charge is 0.313 e. The molecule has 0 aromatic carbocycles. The fourth-order valence-corrected chi connectivity index (χ4v) is 1.09. The van der Waals surface area contributed by atoms with Crippen LogP contribution in [0.1, 0.15) is 39.5 Å². The predicted octanol–water partition coefficient (Wildman–Crippen LogP) is 0.743. The SMILES string of the molecule is CC(=O)OCCCC(=O)OC(=O)CCCOC(C)=O. The second-order valence-electron chi connectivity index (χ2n) is 3.73. The summed E-state index contributed by atoms with van der Waals surface area (Å²) in [5, 5.41) is 0. The van der Waals surface area contributed by atoms with Crippen molar-refractivity contribution in [2.45, 2.75) is 39.5 Å². The highest BCUT2D eigenvalue weighted by atomic mass is 16.6. The molecule has 0 spiro atoms. The van der Waals surface area contributed by atoms with Gasteiger partial charge in [-0.2, -0.15) is 0 Å². The van der Waals surface area contributed by atoms with Crippen molar-refractivity contribution >= 4 is 23.9 Å². The summed E-state index contributed by atoms with van der Waals surface area (Å²) in [6.45, 7) is 2.77. The average Bonchev–Trinajstić information content (AvgIpc) is 2.30. The molecule has 7 nitrogen and oxygen atoms in total. The van der Waals surface area contributed by atoms with Gasteiger partial charge >= 0.3 is 23.9 Å². The van der Waals surface area contributed by atoms with E-state index in [1.807, 2.05) is 0 Å². The zero-order valence-electron chi connectivity index (χ0n) is 11.1. The maximum atomic E-state index is 11.2. The van der Waals surface area contributed by atoms with Crippen molar-refractivity contribution in [1.29, 1.82) is 0 Å². The van der Waals surface area contributed by atoms with Crippen molar-refractivity contribution < 1.29 is 33.4 Å². The van der Waals surface area contributed by atoms with Crippen LogP contribution in [-0.4, -0.2) is 37.1 Å². The normalized spacial score (nSPS) is 9.58. The number of esters is 4. The van der Waals surface area contributed by atoms with E-state index in [1.54, 1.807) is 0 Å². The van der Waals surface area contributed by atoms with E-state index in [4.69, 9.17) is 0 Å². The molecular formula is C12H18O7. The molecule has 0 rings (SSSR count). The maximum absolute atomic E-state index is 11.2. The topological polar surface area (TPSA) is 96.0 Å². The number of hydrogen-bond acceptors (Lipinski definition) is 7. The summed E-state index contributed by atoms with van der Waals surface area (Å²) in [5.74, 6) is -2.17. The van der Waals surface area contributed by atoms with Gasteiger partial charge in [0, 0.05) is 26.7 Å². The molecule has 0 unspecified atom stereocenters. The molecule has 0 amide bonds. The van der Waals surface area contributed by atoms with Gasteiger partial charge in [0.1, 0.15) is 0 Å². The van der Waals surface area contributed by atoms with Crippen LogP contribution in [0, 0.1) is 0 Å². The fourth-order valence-electron chi connectivity index (χ4n) is 1.09. The van der Waals surface area contributed by atoms with E-state index >= 15 is 0 Å². The Bertz CT molecular complexity index is 303. The van der Waals surface area contributed by atoms with Crippen LogP contribution in [0.3, 0.4) is 0 Å². The van der Waals surface area contributed by atoms with Crippen molar-refractivity contribution in [3.8, 4) is 0 Å². The van der Waals surface area contributed by atoms with E-state index in [0.29, 0.717) is 12.8 Å². The lowest BCUT2D eigenvalue weighted by Crippen LogP contribution is -2.14. The molecular weight excluding hydrogens is 256 g/mol. The first kappa shape index (κ1) is 17.1. The monoisotopic (exact) mass is 274 g/mol. The molecule has 0 aliphatic heterocycles. The highest BCUT2D eigenvalue weighted by Crippen LogP contribution is 1.99. The van der Waals surface area contributed by atoms with E-state index in [9.17, 15) is 19.2 Å². The molecule has 0 fully saturated rings. The lowest BCUT2D eigenvalue weighted by Gasteiger charge is -2.04. The highest BCUT2D eigenvalue weighted by Gasteiger charge is 2.10. The molecule has 0 aliphatic carbocycles. The van der Waals surface area contributed by atoms with Gasteiger partial charge in [0.15, 0.2) is 0 Å². The van der Waals surface area contributed by atoms with Crippen molar-refractivity contribution in [1.82, 2.24) is 0 Å². The summed E-state index contributed by atoms with van der Waals surface area (Å²) in [6, 6.07) is 0. The second kappa shape index (κ2) is 10.0. The second-order valence-corrected chi connectivity index (χ2v) is 3.73. The number of carbonyl (C=O) groups is 4. The summed E-state index contributed by atoms with van der Waals surface area (Å²) in [5.41, 5.74) is 0. The molecule has 0 heterocycles. The largest absolute Gasteiger partial charge is 0.466 e. The van der Waals surface area contributed by atoms with Gasteiger partial charge in [0.25, 0.3) is 0 Å². The van der Waals surface area contributed by atoms with Crippen LogP contribution >= 0.6 is 0 Å². The third-order valence-corrected chi connectivity index (χ3v) is 1.89. The van der Waals surface area contributed by atoms with E-state index in [2.05, 4.69) is 14.2 Å². The van der Waals surface area contributed by atoms with Crippen molar-refractivity contribution in [3.63, 3.8) is 0 Å². The zero-order valence-corrected chi connectivity index (χ0v) is 11.1. The minimum absolute atomic E-state index is 0.00294. The van der Waals surface area contributed by atoms with Crippen LogP contribution in [0.4, 0.5) is 0 Å². The number of rotatable bonds is 8. The van der Waals surface area contributed by atoms with Gasteiger partial charge in [0.2, 0.25) is 0 Å². The standard InChI is InChI=1S/C12H18O7/c1-9(13)17-7-3-5-11(15)19-12(16)6-4-8-18-10(2)14/h3-8H2,1-2H3. The molecule has 19 heavy (non-hydrogen) atoms. The van der Waals surface area contributed by atoms with Gasteiger partial charge in [-0.1, -0.05) is 0 Å². The van der Waals surface area contributed by atoms with E-state index in [1.165, 1.54) is 13.8 Å². The number of ether oxygens (including phenoxy) is 3. The van der Waals surface area contributed by atoms with Crippen LogP contribution in [0.25, 0.3) is 0 Å². The van der Waals surface area contributed by atoms with Gasteiger partial charge in [0.05, 0.1) is 13.2 Å². The van der Waals surface area contributed by atoms with Crippen molar-refractivity contribution in [3.05, 3.63) is 0 Å². The summed E-state index contributed by atoms with van der Waals surface area (Å²) < 4.78 is 13.7. The Morgan fingerprint density at radius 3 is 1.42 bits per heavy atom. The van der Waals surface area contributed by atoms with Crippen LogP contribution in [-0.2, 0) is 33.4 Å². The van der Waals surface area contributed by atoms with E-state index in [-0.39, 0.29) is 26.1 Å². The lowest BCUT2D eigenvalue weighted by atomic mass is 10.3. The van der Waals surface area contributed by atoms with Gasteiger partial charge in [-0.3, -0.25) is 19.2 Å². The quantitative estimate of drug-likeness (QED) is 0.279. The summed E-state index contributed by atoms with van der Waals surface area (Å²) in [6.07, 6.45) is 0.615. The maximum Gasteiger partial charge on any atom is 0.313 e. The molecule has 0 aliphatic rings. The molecule has 0 N–H and O–H groups in total. The third kappa shape index (κ3) is 12.3. The van der Waals surface area contributed by atoms with Gasteiger partial charge in [-0.25, -0.2) is 0 Å². The molecule has 108 valence electrons. The number of hydrogen-bond donors (Lipinski definition) is 0. The molecule has 0 radical (unpaired) electrons. The number of carbonyl (C=O) groups excluding carboxylic acids is 4. The highest BCUT2D eigenvalue weighted by molar-refractivity contribution is 5.85. The van der Waals surface area contributed by atoms with Gasteiger partial charge < -0.3 is 14.2 Å². The Morgan fingerprint density at radius 2 is 1.11 bits per heavy atom. The summed E-state index contributed by atoms with van der Waals surface area (Å²) in [4.78, 5) is 43.2. The summed E-state index contributed by atoms with van der Waals surface area (Å²) >= 11 is 0. The first-order valence-corrected chi connectivity index (χ1v) is 5.92. The lowest BCUT2D eigenvalue weighted by molar-refractivity contribution is -0.161. The van der Waals surface area contributed by atoms with Gasteiger partial charge in [-0.05, 0) is 12.8 Å². The fraction of sp³-hybridized carbons (Fsp3) is 0.667. The predicted molar refractivity (Wildman–Crippen MR) is 62.8 cm³/mol. The Kier molecular flexibility index (Phi) is 9.03. The Balaban J connectivity index is 3.55. The third-order valence-electron chi connectivity index (χ3n) is 1.89. The van der Waals surface area contributed by atoms with Crippen LogP contribution in [0.5, 0.6) is 0 Å². The molecule has 0 saturated heterocycles. The van der Waals surface area contributed by atoms with Crippen LogP contribution in [0.2, 0.25) is 0 Å². The first-order chi connectivity index (χ1) is 8.91.